The summed E-state index contributed by atoms with van der Waals surface area (Å²) in [7, 11) is 0. The molecule has 9 heavy (non-hydrogen) atoms. The third kappa shape index (κ3) is 7.43. The zero-order valence-corrected chi connectivity index (χ0v) is 4.43. The van der Waals surface area contributed by atoms with Crippen molar-refractivity contribution in [2.24, 2.45) is 5.73 Å². The number of carbonyl (C=O) groups is 1. The van der Waals surface area contributed by atoms with Crippen LogP contribution >= 0.6 is 0 Å². The fourth-order valence-corrected chi connectivity index (χ4v) is 0.152. The normalized spacial score (nSPS) is 33.9. The summed E-state index contributed by atoms with van der Waals surface area (Å²) in [6.07, 6.45) is -15.2. The molecule has 0 aromatic heterocycles. The molecular weight excluding hydrogens is 118 g/mol. The summed E-state index contributed by atoms with van der Waals surface area (Å²) >= 11 is 0. The predicted molar refractivity (Wildman–Crippen MR) is 35.2 cm³/mol. The van der Waals surface area contributed by atoms with Crippen LogP contribution in [-0.2, 0) is 4.79 Å². The van der Waals surface area contributed by atoms with Crippen molar-refractivity contribution in [3.8, 4) is 0 Å². The van der Waals surface area contributed by atoms with Gasteiger partial charge in [-0.3, -0.25) is 4.79 Å². The Balaban J connectivity index is 5.99. The highest BCUT2D eigenvalue weighted by molar-refractivity contribution is 5.66. The van der Waals surface area contributed by atoms with Crippen LogP contribution in [0.15, 0.2) is 0 Å². The smallest absolute Gasteiger partial charge is 0.303 e. The fourth-order valence-electron chi connectivity index (χ4n) is 0.152. The second kappa shape index (κ2) is 5.56. The SMILES string of the molecule is [2H]C([2H])(N)C([2H])([2H])C([2H])([2H])C([2H])([2H])C([2H])([2H])C(=O)O. The first-order valence-electron chi connectivity index (χ1n) is 6.97. The molecule has 0 heterocycles. The van der Waals surface area contributed by atoms with Crippen molar-refractivity contribution >= 4 is 5.97 Å². The van der Waals surface area contributed by atoms with Crippen LogP contribution in [0.1, 0.15) is 39.2 Å². The highest BCUT2D eigenvalue weighted by Crippen LogP contribution is 1.97. The van der Waals surface area contributed by atoms with Crippen LogP contribution in [0.4, 0.5) is 0 Å². The highest BCUT2D eigenvalue weighted by atomic mass is 16.4. The van der Waals surface area contributed by atoms with Crippen molar-refractivity contribution in [3.05, 3.63) is 0 Å². The molecule has 0 bridgehead atoms. The minimum Gasteiger partial charge on any atom is -0.481 e. The van der Waals surface area contributed by atoms with Gasteiger partial charge in [-0.05, 0) is 19.2 Å². The van der Waals surface area contributed by atoms with Crippen LogP contribution in [0.2, 0.25) is 0 Å². The average Bonchev–Trinajstić information content (AvgIpc) is 2.14. The minimum atomic E-state index is -3.87. The van der Waals surface area contributed by atoms with Crippen LogP contribution < -0.4 is 5.73 Å². The number of carboxylic acids is 1. The lowest BCUT2D eigenvalue weighted by atomic mass is 10.2. The molecule has 0 amide bonds. The Bertz CT molecular complexity index is 373. The topological polar surface area (TPSA) is 63.3 Å². The molecular formula is C6H13NO2. The average molecular weight is 141 g/mol. The summed E-state index contributed by atoms with van der Waals surface area (Å²) in [4.78, 5) is 10.7. The van der Waals surface area contributed by atoms with E-state index in [1.807, 2.05) is 0 Å². The Morgan fingerprint density at radius 2 is 2.22 bits per heavy atom. The number of rotatable bonds is 5. The molecule has 3 heteroatoms. The molecule has 3 N–H and O–H groups in total. The van der Waals surface area contributed by atoms with Gasteiger partial charge in [0.15, 0.2) is 0 Å². The third-order valence-corrected chi connectivity index (χ3v) is 0.367. The van der Waals surface area contributed by atoms with E-state index in [0.717, 1.165) is 0 Å². The zero-order chi connectivity index (χ0) is 16.1. The van der Waals surface area contributed by atoms with E-state index in [1.165, 1.54) is 0 Å². The third-order valence-electron chi connectivity index (χ3n) is 0.367. The Hall–Kier alpha value is -0.570. The summed E-state index contributed by atoms with van der Waals surface area (Å²) in [6.45, 7) is -3.35. The van der Waals surface area contributed by atoms with Crippen LogP contribution in [0.5, 0.6) is 0 Å². The van der Waals surface area contributed by atoms with Crippen LogP contribution in [0.25, 0.3) is 0 Å². The van der Waals surface area contributed by atoms with Crippen molar-refractivity contribution in [1.82, 2.24) is 0 Å². The largest absolute Gasteiger partial charge is 0.481 e. The molecule has 0 aliphatic rings. The van der Waals surface area contributed by atoms with Gasteiger partial charge in [0.05, 0.1) is 0 Å². The molecule has 0 aromatic rings. The first kappa shape index (κ1) is 1.53. The summed E-state index contributed by atoms with van der Waals surface area (Å²) in [5, 5.41) is 8.58. The predicted octanol–water partition coefficient (Wildman–Crippen LogP) is 0.590. The molecule has 3 nitrogen and oxygen atoms in total. The summed E-state index contributed by atoms with van der Waals surface area (Å²) < 4.78 is 71.7. The van der Waals surface area contributed by atoms with Crippen LogP contribution in [0.3, 0.4) is 0 Å². The maximum Gasteiger partial charge on any atom is 0.303 e. The van der Waals surface area contributed by atoms with Crippen molar-refractivity contribution in [1.29, 1.82) is 0 Å². The minimum absolute atomic E-state index is 2.34. The van der Waals surface area contributed by atoms with Gasteiger partial charge in [-0.15, -0.1) is 0 Å². The molecule has 0 radical (unpaired) electrons. The number of hydrogen-bond donors (Lipinski definition) is 2. The molecule has 0 saturated heterocycles. The van der Waals surface area contributed by atoms with Crippen LogP contribution in [-0.4, -0.2) is 17.6 Å². The van der Waals surface area contributed by atoms with Gasteiger partial charge in [-0.2, -0.15) is 0 Å². The number of nitrogens with two attached hydrogens (primary N) is 1. The lowest BCUT2D eigenvalue weighted by Gasteiger charge is -1.93. The molecule has 0 aliphatic carbocycles. The lowest BCUT2D eigenvalue weighted by molar-refractivity contribution is -0.137. The van der Waals surface area contributed by atoms with Crippen molar-refractivity contribution in [3.63, 3.8) is 0 Å². The highest BCUT2D eigenvalue weighted by Gasteiger charge is 1.94. The van der Waals surface area contributed by atoms with Gasteiger partial charge in [0.1, 0.15) is 0 Å². The Morgan fingerprint density at radius 1 is 1.56 bits per heavy atom. The van der Waals surface area contributed by atoms with E-state index in [2.05, 4.69) is 0 Å². The van der Waals surface area contributed by atoms with E-state index in [0.29, 0.717) is 0 Å². The van der Waals surface area contributed by atoms with E-state index in [-0.39, 0.29) is 0 Å². The maximum absolute atomic E-state index is 10.7. The summed E-state index contributed by atoms with van der Waals surface area (Å²) in [5.74, 6) is -2.34. The quantitative estimate of drug-likeness (QED) is 0.589. The van der Waals surface area contributed by atoms with Gasteiger partial charge in [0.2, 0.25) is 0 Å². The Kier molecular flexibility index (Phi) is 0.947. The number of hydrogen-bond acceptors (Lipinski definition) is 2. The van der Waals surface area contributed by atoms with Gasteiger partial charge >= 0.3 is 5.97 Å². The van der Waals surface area contributed by atoms with Gasteiger partial charge in [0.25, 0.3) is 0 Å². The molecule has 0 atom stereocenters. The second-order valence-corrected chi connectivity index (χ2v) is 0.949. The Labute approximate surface area is 68.9 Å². The van der Waals surface area contributed by atoms with Crippen molar-refractivity contribution < 1.29 is 23.6 Å². The van der Waals surface area contributed by atoms with Crippen LogP contribution in [0, 0.1) is 0 Å². The molecule has 0 saturated carbocycles. The van der Waals surface area contributed by atoms with E-state index >= 15 is 0 Å². The summed E-state index contributed by atoms with van der Waals surface area (Å²) in [6, 6.07) is 0. The van der Waals surface area contributed by atoms with E-state index in [4.69, 9.17) is 24.5 Å². The molecule has 0 fully saturated rings. The molecule has 0 aliphatic heterocycles. The number of carboxylic acid groups (broad SMARTS) is 1. The fraction of sp³-hybridized carbons (Fsp3) is 0.833. The number of aliphatic carboxylic acids is 1. The standard InChI is InChI=1S/C6H13NO2/c7-5-3-1-2-4-6(8)9/h1-5,7H2,(H,8,9)/i1D2,2D2,3D2,4D2,5D2. The molecule has 0 unspecified atom stereocenters. The van der Waals surface area contributed by atoms with Crippen molar-refractivity contribution in [2.45, 2.75) is 25.5 Å². The first-order chi connectivity index (χ1) is 7.94. The first-order valence-corrected chi connectivity index (χ1v) is 1.97. The van der Waals surface area contributed by atoms with E-state index in [1.54, 1.807) is 0 Å². The molecule has 0 rings (SSSR count). The van der Waals surface area contributed by atoms with Gasteiger partial charge in [-0.1, -0.05) is 6.37 Å². The maximum atomic E-state index is 10.7. The van der Waals surface area contributed by atoms with Gasteiger partial charge < -0.3 is 10.8 Å². The summed E-state index contributed by atoms with van der Waals surface area (Å²) in [5.41, 5.74) is 4.80. The molecule has 54 valence electrons. The van der Waals surface area contributed by atoms with E-state index < -0.39 is 38.0 Å². The lowest BCUT2D eigenvalue weighted by Crippen LogP contribution is -1.99. The monoisotopic (exact) mass is 141 g/mol. The van der Waals surface area contributed by atoms with Gasteiger partial charge in [-0.25, -0.2) is 0 Å². The second-order valence-electron chi connectivity index (χ2n) is 0.949. The molecule has 0 spiro atoms. The Morgan fingerprint density at radius 3 is 2.67 bits per heavy atom. The molecule has 0 aromatic carbocycles. The van der Waals surface area contributed by atoms with E-state index in [9.17, 15) is 4.79 Å². The van der Waals surface area contributed by atoms with Crippen molar-refractivity contribution in [2.75, 3.05) is 6.50 Å². The van der Waals surface area contributed by atoms with Gasteiger partial charge in [0, 0.05) is 20.1 Å². The zero-order valence-electron chi connectivity index (χ0n) is 14.4.